The van der Waals surface area contributed by atoms with Crippen LogP contribution in [0.4, 0.5) is 0 Å². The molecular weight excluding hydrogens is 280 g/mol. The lowest BCUT2D eigenvalue weighted by Gasteiger charge is -2.31. The molecule has 1 fully saturated rings. The summed E-state index contributed by atoms with van der Waals surface area (Å²) in [6, 6.07) is 0. The molecule has 2 heterocycles. The van der Waals surface area contributed by atoms with Gasteiger partial charge in [-0.15, -0.1) is 5.10 Å². The molecule has 1 aromatic rings. The molecule has 1 aliphatic rings. The lowest BCUT2D eigenvalue weighted by atomic mass is 9.98. The van der Waals surface area contributed by atoms with Gasteiger partial charge in [0, 0.05) is 19.0 Å². The summed E-state index contributed by atoms with van der Waals surface area (Å²) < 4.78 is 3.90. The topological polar surface area (TPSA) is 72.1 Å². The molecule has 2 rings (SSSR count). The molecule has 7 heteroatoms. The molecule has 1 aliphatic heterocycles. The van der Waals surface area contributed by atoms with E-state index in [2.05, 4.69) is 16.5 Å². The van der Waals surface area contributed by atoms with Gasteiger partial charge in [0.1, 0.15) is 4.88 Å². The summed E-state index contributed by atoms with van der Waals surface area (Å²) in [6.07, 6.45) is 3.68. The fourth-order valence-electron chi connectivity index (χ4n) is 2.31. The van der Waals surface area contributed by atoms with E-state index in [1.165, 1.54) is 11.5 Å². The third kappa shape index (κ3) is 3.27. The Morgan fingerprint density at radius 1 is 1.63 bits per heavy atom. The molecule has 0 aliphatic carbocycles. The molecule has 1 saturated heterocycles. The Bertz CT molecular complexity index is 474. The number of piperidine rings is 1. The first-order valence-corrected chi connectivity index (χ1v) is 7.71. The number of thiocarbonyl (C=S) groups is 1. The van der Waals surface area contributed by atoms with Gasteiger partial charge in [-0.25, -0.2) is 0 Å². The number of nitrogens with zero attached hydrogens (tertiary/aromatic N) is 3. The molecule has 2 N–H and O–H groups in total. The van der Waals surface area contributed by atoms with Crippen molar-refractivity contribution in [2.45, 2.75) is 32.6 Å². The fraction of sp³-hybridized carbons (Fsp3) is 0.667. The van der Waals surface area contributed by atoms with Crippen molar-refractivity contribution in [3.63, 3.8) is 0 Å². The van der Waals surface area contributed by atoms with Gasteiger partial charge in [-0.3, -0.25) is 4.79 Å². The van der Waals surface area contributed by atoms with Crippen LogP contribution in [0.1, 0.15) is 41.6 Å². The van der Waals surface area contributed by atoms with Gasteiger partial charge in [0.2, 0.25) is 0 Å². The Morgan fingerprint density at radius 3 is 3.11 bits per heavy atom. The second-order valence-corrected chi connectivity index (χ2v) is 6.02. The van der Waals surface area contributed by atoms with E-state index in [1.807, 2.05) is 4.90 Å². The summed E-state index contributed by atoms with van der Waals surface area (Å²) >= 11 is 6.22. The van der Waals surface area contributed by atoms with Gasteiger partial charge in [0.25, 0.3) is 5.91 Å². The van der Waals surface area contributed by atoms with Crippen LogP contribution in [0.3, 0.4) is 0 Å². The maximum absolute atomic E-state index is 12.5. The first-order chi connectivity index (χ1) is 9.13. The zero-order valence-corrected chi connectivity index (χ0v) is 12.6. The molecule has 0 spiro atoms. The molecular formula is C12H18N4OS2. The van der Waals surface area contributed by atoms with Crippen molar-refractivity contribution < 1.29 is 4.79 Å². The highest BCUT2D eigenvalue weighted by molar-refractivity contribution is 7.80. The highest BCUT2D eigenvalue weighted by Gasteiger charge is 2.28. The number of aryl methyl sites for hydroxylation is 1. The Hall–Kier alpha value is -1.08. The molecule has 0 saturated carbocycles. The smallest absolute Gasteiger partial charge is 0.267 e. The van der Waals surface area contributed by atoms with Gasteiger partial charge in [-0.05, 0) is 30.8 Å². The van der Waals surface area contributed by atoms with E-state index in [0.717, 1.165) is 37.9 Å². The summed E-state index contributed by atoms with van der Waals surface area (Å²) in [7, 11) is 0. The van der Waals surface area contributed by atoms with E-state index < -0.39 is 0 Å². The van der Waals surface area contributed by atoms with Gasteiger partial charge in [0.15, 0.2) is 0 Å². The van der Waals surface area contributed by atoms with Crippen molar-refractivity contribution in [3.05, 3.63) is 10.6 Å². The number of likely N-dealkylation sites (tertiary alicyclic amines) is 1. The van der Waals surface area contributed by atoms with Gasteiger partial charge < -0.3 is 10.6 Å². The molecule has 1 unspecified atom stereocenters. The third-order valence-electron chi connectivity index (χ3n) is 3.35. The number of aromatic nitrogens is 2. The highest BCUT2D eigenvalue weighted by Crippen LogP contribution is 2.21. The second-order valence-electron chi connectivity index (χ2n) is 4.79. The minimum atomic E-state index is 0.0272. The number of hydrogen-bond donors (Lipinski definition) is 1. The SMILES string of the molecule is CCCc1nnsc1C(=O)N1CCCC(C(N)=S)C1. The zero-order valence-electron chi connectivity index (χ0n) is 11.0. The largest absolute Gasteiger partial charge is 0.393 e. The lowest BCUT2D eigenvalue weighted by molar-refractivity contribution is 0.0707. The molecule has 0 radical (unpaired) electrons. The average molecular weight is 298 g/mol. The van der Waals surface area contributed by atoms with Crippen molar-refractivity contribution in [3.8, 4) is 0 Å². The molecule has 0 aromatic carbocycles. The van der Waals surface area contributed by atoms with Crippen LogP contribution in [0.2, 0.25) is 0 Å². The van der Waals surface area contributed by atoms with Crippen LogP contribution in [-0.4, -0.2) is 38.5 Å². The number of amides is 1. The second kappa shape index (κ2) is 6.38. The van der Waals surface area contributed by atoms with Crippen molar-refractivity contribution >= 4 is 34.6 Å². The van der Waals surface area contributed by atoms with Crippen LogP contribution >= 0.6 is 23.8 Å². The van der Waals surface area contributed by atoms with Gasteiger partial charge in [-0.2, -0.15) is 0 Å². The minimum absolute atomic E-state index is 0.0272. The van der Waals surface area contributed by atoms with Crippen molar-refractivity contribution in [2.75, 3.05) is 13.1 Å². The Balaban J connectivity index is 2.10. The van der Waals surface area contributed by atoms with Crippen molar-refractivity contribution in [2.24, 2.45) is 11.7 Å². The quantitative estimate of drug-likeness (QED) is 0.855. The van der Waals surface area contributed by atoms with Crippen LogP contribution < -0.4 is 5.73 Å². The Morgan fingerprint density at radius 2 is 2.42 bits per heavy atom. The Labute approximate surface area is 122 Å². The maximum atomic E-state index is 12.5. The van der Waals surface area contributed by atoms with Gasteiger partial charge >= 0.3 is 0 Å². The molecule has 5 nitrogen and oxygen atoms in total. The number of carbonyl (C=O) groups is 1. The fourth-order valence-corrected chi connectivity index (χ4v) is 3.18. The van der Waals surface area contributed by atoms with Gasteiger partial charge in [-0.1, -0.05) is 30.1 Å². The molecule has 104 valence electrons. The minimum Gasteiger partial charge on any atom is -0.393 e. The summed E-state index contributed by atoms with van der Waals surface area (Å²) in [5.41, 5.74) is 6.51. The lowest BCUT2D eigenvalue weighted by Crippen LogP contribution is -2.43. The average Bonchev–Trinajstić information content (AvgIpc) is 2.86. The first-order valence-electron chi connectivity index (χ1n) is 6.53. The maximum Gasteiger partial charge on any atom is 0.267 e. The standard InChI is InChI=1S/C12H18N4OS2/c1-2-4-9-10(19-15-14-9)12(17)16-6-3-5-8(7-16)11(13)18/h8H,2-7H2,1H3,(H2,13,18). The number of carbonyl (C=O) groups excluding carboxylic acids is 1. The van der Waals surface area contributed by atoms with Gasteiger partial charge in [0.05, 0.1) is 10.7 Å². The van der Waals surface area contributed by atoms with Crippen LogP contribution in [0.25, 0.3) is 0 Å². The molecule has 1 amide bonds. The Kier molecular flexibility index (Phi) is 4.81. The van der Waals surface area contributed by atoms with Crippen LogP contribution in [-0.2, 0) is 6.42 Å². The van der Waals surface area contributed by atoms with E-state index in [0.29, 0.717) is 16.4 Å². The van der Waals surface area contributed by atoms with Crippen molar-refractivity contribution in [1.29, 1.82) is 0 Å². The van der Waals surface area contributed by atoms with E-state index in [9.17, 15) is 4.79 Å². The molecule has 0 bridgehead atoms. The summed E-state index contributed by atoms with van der Waals surface area (Å²) in [4.78, 5) is 15.5. The van der Waals surface area contributed by atoms with E-state index in [-0.39, 0.29) is 11.8 Å². The number of rotatable bonds is 4. The normalized spacial score (nSPS) is 19.4. The summed E-state index contributed by atoms with van der Waals surface area (Å²) in [5, 5.41) is 4.05. The predicted octanol–water partition coefficient (Wildman–Crippen LogP) is 1.63. The van der Waals surface area contributed by atoms with Crippen LogP contribution in [0.5, 0.6) is 0 Å². The zero-order chi connectivity index (χ0) is 13.8. The number of hydrogen-bond acceptors (Lipinski definition) is 5. The predicted molar refractivity (Wildman–Crippen MR) is 79.3 cm³/mol. The molecule has 1 atom stereocenters. The summed E-state index contributed by atoms with van der Waals surface area (Å²) in [6.45, 7) is 3.45. The van der Waals surface area contributed by atoms with E-state index in [4.69, 9.17) is 18.0 Å². The van der Waals surface area contributed by atoms with E-state index in [1.54, 1.807) is 0 Å². The van der Waals surface area contributed by atoms with Crippen LogP contribution in [0.15, 0.2) is 0 Å². The highest BCUT2D eigenvalue weighted by atomic mass is 32.1. The summed E-state index contributed by atoms with van der Waals surface area (Å²) in [5.74, 6) is 0.169. The van der Waals surface area contributed by atoms with Crippen molar-refractivity contribution in [1.82, 2.24) is 14.5 Å². The first kappa shape index (κ1) is 14.3. The molecule has 1 aromatic heterocycles. The number of nitrogens with two attached hydrogens (primary N) is 1. The van der Waals surface area contributed by atoms with Crippen LogP contribution in [0, 0.1) is 5.92 Å². The third-order valence-corrected chi connectivity index (χ3v) is 4.44. The van der Waals surface area contributed by atoms with E-state index >= 15 is 0 Å². The molecule has 19 heavy (non-hydrogen) atoms. The monoisotopic (exact) mass is 298 g/mol.